The lowest BCUT2D eigenvalue weighted by Gasteiger charge is -2.33. The summed E-state index contributed by atoms with van der Waals surface area (Å²) in [4.78, 5) is 54.3. The highest BCUT2D eigenvalue weighted by molar-refractivity contribution is 6.40. The Morgan fingerprint density at radius 1 is 0.755 bits per heavy atom. The minimum absolute atomic E-state index is 0. The van der Waals surface area contributed by atoms with Crippen molar-refractivity contribution in [2.75, 3.05) is 68.6 Å². The summed E-state index contributed by atoms with van der Waals surface area (Å²) in [5, 5.41) is 15.2. The molecule has 6 rings (SSSR count). The van der Waals surface area contributed by atoms with E-state index >= 15 is 0 Å². The van der Waals surface area contributed by atoms with Crippen molar-refractivity contribution in [2.24, 2.45) is 5.92 Å². The fourth-order valence-corrected chi connectivity index (χ4v) is 5.69. The number of carbonyl (C=O) groups excluding carboxylic acids is 5. The van der Waals surface area contributed by atoms with Gasteiger partial charge in [0.2, 0.25) is 5.91 Å². The van der Waals surface area contributed by atoms with Crippen LogP contribution >= 0.6 is 23.2 Å². The van der Waals surface area contributed by atoms with Gasteiger partial charge in [0.1, 0.15) is 0 Å². The van der Waals surface area contributed by atoms with Gasteiger partial charge < -0.3 is 41.0 Å². The summed E-state index contributed by atoms with van der Waals surface area (Å²) >= 11 is 9.53. The molecule has 2 aromatic carbocycles. The van der Waals surface area contributed by atoms with Crippen LogP contribution in [-0.4, -0.2) is 99.1 Å². The van der Waals surface area contributed by atoms with E-state index in [1.165, 1.54) is 18.4 Å². The third-order valence-electron chi connectivity index (χ3n) is 8.54. The molecule has 0 bridgehead atoms. The molecule has 1 unspecified atom stereocenters. The van der Waals surface area contributed by atoms with Crippen LogP contribution in [0.2, 0.25) is 0 Å². The van der Waals surface area contributed by atoms with E-state index in [2.05, 4.69) is 26.6 Å². The molecule has 4 aliphatic rings. The lowest BCUT2D eigenvalue weighted by Crippen LogP contribution is -2.49. The molecule has 1 atom stereocenters. The number of piperidine rings is 2. The van der Waals surface area contributed by atoms with Crippen LogP contribution in [0.3, 0.4) is 0 Å². The zero-order valence-corrected chi connectivity index (χ0v) is 31.7. The average molecular weight is 785 g/mol. The van der Waals surface area contributed by atoms with Crippen molar-refractivity contribution in [1.82, 2.24) is 20.9 Å². The lowest BCUT2D eigenvalue weighted by atomic mass is 10.0. The topological polar surface area (TPSA) is 167 Å². The van der Waals surface area contributed by atoms with Gasteiger partial charge in [-0.2, -0.15) is 9.59 Å². The number of rotatable bonds is 5. The van der Waals surface area contributed by atoms with E-state index in [4.69, 9.17) is 42.3 Å². The van der Waals surface area contributed by atoms with Crippen LogP contribution in [-0.2, 0) is 23.9 Å². The smallest absolute Gasteiger partial charge is 0.373 e. The second kappa shape index (κ2) is 28.7. The van der Waals surface area contributed by atoms with E-state index in [9.17, 15) is 14.4 Å². The number of hydrogen-bond donors (Lipinski definition) is 5. The second-order valence-corrected chi connectivity index (χ2v) is 13.4. The molecule has 4 saturated heterocycles. The Morgan fingerprint density at radius 3 is 1.57 bits per heavy atom. The number of nitrogens with one attached hydrogen (secondary N) is 5. The van der Waals surface area contributed by atoms with E-state index in [0.29, 0.717) is 32.3 Å². The van der Waals surface area contributed by atoms with Crippen molar-refractivity contribution in [1.29, 1.82) is 0 Å². The third-order valence-corrected chi connectivity index (χ3v) is 8.54. The predicted molar refractivity (Wildman–Crippen MR) is 212 cm³/mol. The summed E-state index contributed by atoms with van der Waals surface area (Å²) in [5.74, 6) is 0.231. The van der Waals surface area contributed by atoms with Crippen LogP contribution in [0.4, 0.5) is 21.0 Å². The van der Waals surface area contributed by atoms with E-state index in [0.717, 1.165) is 75.3 Å². The number of ether oxygens (including phenoxy) is 2. The number of halogens is 2. The first-order valence-electron chi connectivity index (χ1n) is 17.7. The molecule has 0 saturated carbocycles. The van der Waals surface area contributed by atoms with Gasteiger partial charge in [0.05, 0.1) is 17.9 Å². The molecule has 53 heavy (non-hydrogen) atoms. The Labute approximate surface area is 326 Å². The third kappa shape index (κ3) is 20.9. The van der Waals surface area contributed by atoms with Crippen molar-refractivity contribution in [3.05, 3.63) is 59.7 Å². The standard InChI is InChI=1S/C18H25N3O3.C13H19N3O.C4H8O.CH2Cl2.CO2.CH4.H2/c1-13-2-4-15(5-3-13)19-18(23)20-16-6-9-21(10-7-16)17(22)14-8-11-24-12-14;1-10-2-4-11(5-3-10)15-13(17)16-12-6-8-14-9-7-12;1-2-4-5-3-1;2*2-1-3;;/h2-5,14,16H,6-12H2,1H3,(H2,19,20,23);2-5,12,14H,6-9H2,1H3,(H2,15,16,17);1-4H2;1H2;;1H4;1H/i;;;;;;1+1. The van der Waals surface area contributed by atoms with Gasteiger partial charge in [0.15, 0.2) is 0 Å². The number of aryl methyl sites for hydroxylation is 2. The van der Waals surface area contributed by atoms with Crippen LogP contribution in [0.5, 0.6) is 0 Å². The summed E-state index contributed by atoms with van der Waals surface area (Å²) in [6.07, 6.45) is 7.22. The van der Waals surface area contributed by atoms with Crippen LogP contribution in [0, 0.1) is 19.8 Å². The highest BCUT2D eigenvalue weighted by Crippen LogP contribution is 2.19. The molecule has 0 aliphatic carbocycles. The Balaban J connectivity index is 0.000000813. The van der Waals surface area contributed by atoms with Crippen molar-refractivity contribution in [3.63, 3.8) is 0 Å². The predicted octanol–water partition coefficient (Wildman–Crippen LogP) is 6.53. The molecule has 2 aromatic rings. The van der Waals surface area contributed by atoms with Gasteiger partial charge in [-0.05, 0) is 96.1 Å². The van der Waals surface area contributed by atoms with Gasteiger partial charge in [-0.1, -0.05) is 42.8 Å². The van der Waals surface area contributed by atoms with Crippen molar-refractivity contribution < 1.29 is 34.9 Å². The molecular weight excluding hydrogens is 723 g/mol. The Hall–Kier alpha value is -3.71. The Bertz CT molecular complexity index is 1320. The fraction of sp³-hybridized carbons (Fsp3) is 0.579. The number of alkyl halides is 2. The number of hydrogen-bond acceptors (Lipinski definition) is 8. The number of likely N-dealkylation sites (tertiary alicyclic amines) is 1. The normalized spacial score (nSPS) is 17.8. The number of carbonyl (C=O) groups is 3. The van der Waals surface area contributed by atoms with E-state index in [1.807, 2.05) is 67.3 Å². The number of urea groups is 2. The van der Waals surface area contributed by atoms with Gasteiger partial charge in [-0.15, -0.1) is 23.2 Å². The van der Waals surface area contributed by atoms with Crippen LogP contribution in [0.15, 0.2) is 48.5 Å². The SMILES string of the molecule is C.C1CCOC1.Cc1ccc(NC(=O)NC2CCN(C(=O)C3CCOC3)CC2)cc1.Cc1ccc(NC(=O)NC2CCNCC2)cc1.ClCCl.O=C=O.[2HH]. The Morgan fingerprint density at radius 2 is 1.19 bits per heavy atom. The molecule has 4 fully saturated rings. The first-order valence-corrected chi connectivity index (χ1v) is 18.8. The van der Waals surface area contributed by atoms with Crippen molar-refractivity contribution in [2.45, 2.75) is 78.3 Å². The average Bonchev–Trinajstić information content (AvgIpc) is 3.91. The molecule has 4 aliphatic heterocycles. The number of nitrogens with zero attached hydrogens (tertiary/aromatic N) is 1. The summed E-state index contributed by atoms with van der Waals surface area (Å²) in [7, 11) is 0. The maximum absolute atomic E-state index is 12.3. The number of benzene rings is 2. The van der Waals surface area contributed by atoms with Crippen LogP contribution in [0.25, 0.3) is 0 Å². The molecular formula is C38H60Cl2N6O7. The first-order chi connectivity index (χ1) is 25.2. The van der Waals surface area contributed by atoms with E-state index in [1.54, 1.807) is 0 Å². The highest BCUT2D eigenvalue weighted by atomic mass is 35.5. The molecule has 15 heteroatoms. The lowest BCUT2D eigenvalue weighted by molar-refractivity contribution is -0.191. The minimum atomic E-state index is -0.187. The van der Waals surface area contributed by atoms with E-state index in [-0.39, 0.29) is 50.3 Å². The summed E-state index contributed by atoms with van der Waals surface area (Å²) in [6, 6.07) is 15.6. The van der Waals surface area contributed by atoms with Crippen LogP contribution in [0.1, 0.15) is 64.9 Å². The fourth-order valence-electron chi connectivity index (χ4n) is 5.69. The summed E-state index contributed by atoms with van der Waals surface area (Å²) in [5.41, 5.74) is 3.97. The molecule has 298 valence electrons. The quantitative estimate of drug-likeness (QED) is 0.214. The highest BCUT2D eigenvalue weighted by Gasteiger charge is 2.31. The van der Waals surface area contributed by atoms with Gasteiger partial charge in [-0.25, -0.2) is 9.59 Å². The maximum atomic E-state index is 12.3. The van der Waals surface area contributed by atoms with Crippen molar-refractivity contribution in [3.8, 4) is 0 Å². The molecule has 5 amide bonds. The monoisotopic (exact) mass is 783 g/mol. The van der Waals surface area contributed by atoms with Gasteiger partial charge in [0, 0.05) is 57.8 Å². The Kier molecular flexibility index (Phi) is 25.7. The summed E-state index contributed by atoms with van der Waals surface area (Å²) < 4.78 is 10.2. The summed E-state index contributed by atoms with van der Waals surface area (Å²) in [6.45, 7) is 10.6. The van der Waals surface area contributed by atoms with Crippen molar-refractivity contribution >= 4 is 58.7 Å². The number of amides is 5. The molecule has 13 nitrogen and oxygen atoms in total. The molecule has 0 radical (unpaired) electrons. The zero-order valence-electron chi connectivity index (χ0n) is 30.2. The van der Waals surface area contributed by atoms with Gasteiger partial charge in [0.25, 0.3) is 0 Å². The zero-order chi connectivity index (χ0) is 38.0. The molecule has 5 N–H and O–H groups in total. The van der Waals surface area contributed by atoms with Gasteiger partial charge in [-0.3, -0.25) is 4.79 Å². The minimum Gasteiger partial charge on any atom is -0.381 e. The molecule has 0 spiro atoms. The second-order valence-electron chi connectivity index (χ2n) is 12.6. The first kappa shape index (κ1) is 47.3. The largest absolute Gasteiger partial charge is 0.381 e. The van der Waals surface area contributed by atoms with Gasteiger partial charge >= 0.3 is 18.2 Å². The molecule has 0 aromatic heterocycles. The van der Waals surface area contributed by atoms with Crippen LogP contribution < -0.4 is 26.6 Å². The number of anilines is 2. The maximum Gasteiger partial charge on any atom is 0.373 e. The van der Waals surface area contributed by atoms with E-state index < -0.39 is 0 Å². The molecule has 4 heterocycles.